The Morgan fingerprint density at radius 1 is 1.19 bits per heavy atom. The van der Waals surface area contributed by atoms with Crippen LogP contribution in [0.3, 0.4) is 0 Å². The molecule has 0 aliphatic heterocycles. The zero-order chi connectivity index (χ0) is 20.2. The lowest BCUT2D eigenvalue weighted by molar-refractivity contribution is -0.763. The van der Waals surface area contributed by atoms with Gasteiger partial charge < -0.3 is 25.2 Å². The van der Waals surface area contributed by atoms with E-state index >= 15 is 0 Å². The molecular formula is C18H20N2O7. The number of nitrogens with two attached hydrogens (primary N) is 1. The molecular weight excluding hydrogens is 356 g/mol. The monoisotopic (exact) mass is 376 g/mol. The lowest BCUT2D eigenvalue weighted by Gasteiger charge is -2.07. The topological polar surface area (TPSA) is 134 Å². The number of carbonyl (C=O) groups is 1. The molecule has 0 unspecified atom stereocenters. The molecule has 0 saturated carbocycles. The molecule has 3 N–H and O–H groups in total. The van der Waals surface area contributed by atoms with E-state index in [1.165, 1.54) is 13.2 Å². The van der Waals surface area contributed by atoms with Crippen molar-refractivity contribution in [2.45, 2.75) is 6.61 Å². The number of nitrogens with zero attached hydrogens (tertiary/aromatic N) is 1. The van der Waals surface area contributed by atoms with Gasteiger partial charge in [-0.3, -0.25) is 0 Å². The number of hydrogen-bond acceptors (Lipinski definition) is 7. The van der Waals surface area contributed by atoms with E-state index in [0.29, 0.717) is 22.7 Å². The SMILES string of the molecule is COc1ccc(C=CC(=O)O)cc1OC.Nc1cccc(CO[N+](=O)[O-])c1. The van der Waals surface area contributed by atoms with Crippen molar-refractivity contribution in [3.63, 3.8) is 0 Å². The number of hydrogen-bond donors (Lipinski definition) is 2. The molecule has 0 aliphatic rings. The molecule has 9 nitrogen and oxygen atoms in total. The van der Waals surface area contributed by atoms with E-state index in [4.69, 9.17) is 20.3 Å². The normalized spacial score (nSPS) is 9.85. The van der Waals surface area contributed by atoms with Crippen LogP contribution in [0.25, 0.3) is 6.08 Å². The summed E-state index contributed by atoms with van der Waals surface area (Å²) < 4.78 is 10.1. The molecule has 0 aliphatic carbocycles. The summed E-state index contributed by atoms with van der Waals surface area (Å²) in [5.41, 5.74) is 7.44. The van der Waals surface area contributed by atoms with E-state index in [1.54, 1.807) is 49.6 Å². The van der Waals surface area contributed by atoms with Gasteiger partial charge in [-0.2, -0.15) is 0 Å². The first-order chi connectivity index (χ1) is 12.8. The van der Waals surface area contributed by atoms with Gasteiger partial charge in [0.2, 0.25) is 0 Å². The van der Waals surface area contributed by atoms with E-state index in [1.807, 2.05) is 0 Å². The maximum absolute atomic E-state index is 10.3. The first-order valence-corrected chi connectivity index (χ1v) is 7.60. The molecule has 144 valence electrons. The van der Waals surface area contributed by atoms with Gasteiger partial charge in [0, 0.05) is 11.8 Å². The Hall–Kier alpha value is -3.75. The second kappa shape index (κ2) is 11.0. The summed E-state index contributed by atoms with van der Waals surface area (Å²) in [6, 6.07) is 11.9. The fourth-order valence-electron chi connectivity index (χ4n) is 1.93. The lowest BCUT2D eigenvalue weighted by atomic mass is 10.2. The van der Waals surface area contributed by atoms with Gasteiger partial charge in [-0.05, 0) is 41.5 Å². The van der Waals surface area contributed by atoms with Gasteiger partial charge in [-0.1, -0.05) is 18.2 Å². The van der Waals surface area contributed by atoms with Crippen LogP contribution in [0.5, 0.6) is 11.5 Å². The van der Waals surface area contributed by atoms with Gasteiger partial charge in [-0.15, -0.1) is 10.1 Å². The Labute approximate surface area is 155 Å². The third-order valence-corrected chi connectivity index (χ3v) is 3.11. The minimum absolute atomic E-state index is 0.0575. The van der Waals surface area contributed by atoms with E-state index in [9.17, 15) is 14.9 Å². The Morgan fingerprint density at radius 2 is 1.89 bits per heavy atom. The lowest BCUT2D eigenvalue weighted by Crippen LogP contribution is -2.00. The van der Waals surface area contributed by atoms with Crippen molar-refractivity contribution in [3.8, 4) is 11.5 Å². The molecule has 0 spiro atoms. The molecule has 0 heterocycles. The van der Waals surface area contributed by atoms with Crippen LogP contribution >= 0.6 is 0 Å². The smallest absolute Gasteiger partial charge is 0.328 e. The number of carboxylic acid groups (broad SMARTS) is 1. The highest BCUT2D eigenvalue weighted by Crippen LogP contribution is 2.27. The minimum atomic E-state index is -0.982. The van der Waals surface area contributed by atoms with Gasteiger partial charge in [0.1, 0.15) is 6.61 Å². The summed E-state index contributed by atoms with van der Waals surface area (Å²) in [7, 11) is 3.08. The van der Waals surface area contributed by atoms with E-state index in [-0.39, 0.29) is 6.61 Å². The summed E-state index contributed by atoms with van der Waals surface area (Å²) in [5.74, 6) is 0.208. The van der Waals surface area contributed by atoms with Crippen LogP contribution in [-0.4, -0.2) is 30.4 Å². The minimum Gasteiger partial charge on any atom is -0.493 e. The van der Waals surface area contributed by atoms with Crippen molar-refractivity contribution in [2.24, 2.45) is 0 Å². The third kappa shape index (κ3) is 8.25. The molecule has 0 bridgehead atoms. The first kappa shape index (κ1) is 21.3. The molecule has 0 saturated heterocycles. The molecule has 0 atom stereocenters. The molecule has 2 aromatic rings. The average molecular weight is 376 g/mol. The average Bonchev–Trinajstić information content (AvgIpc) is 2.65. The summed E-state index contributed by atoms with van der Waals surface area (Å²) in [6.45, 7) is -0.0575. The fourth-order valence-corrected chi connectivity index (χ4v) is 1.93. The van der Waals surface area contributed by atoms with Crippen LogP contribution < -0.4 is 15.2 Å². The largest absolute Gasteiger partial charge is 0.493 e. The maximum atomic E-state index is 10.3. The number of nitrogen functional groups attached to an aromatic ring is 1. The molecule has 0 amide bonds. The maximum Gasteiger partial charge on any atom is 0.328 e. The Kier molecular flexibility index (Phi) is 8.66. The van der Waals surface area contributed by atoms with Gasteiger partial charge in [0.15, 0.2) is 11.5 Å². The standard InChI is InChI=1S/C11H12O4.C7H8N2O3/c1-14-9-5-3-8(4-6-11(12)13)7-10(9)15-2;8-7-3-1-2-6(4-7)5-12-9(10)11/h3-7H,1-2H3,(H,12,13);1-4H,5,8H2. The van der Waals surface area contributed by atoms with Crippen LogP contribution in [0.1, 0.15) is 11.1 Å². The number of ether oxygens (including phenoxy) is 2. The van der Waals surface area contributed by atoms with Gasteiger partial charge in [-0.25, -0.2) is 4.79 Å². The van der Waals surface area contributed by atoms with Crippen LogP contribution in [-0.2, 0) is 16.2 Å². The molecule has 2 rings (SSSR count). The predicted molar refractivity (Wildman–Crippen MR) is 98.9 cm³/mol. The number of benzene rings is 2. The molecule has 0 aromatic heterocycles. The summed E-state index contributed by atoms with van der Waals surface area (Å²) in [5, 5.41) is 17.4. The Bertz CT molecular complexity index is 806. The highest BCUT2D eigenvalue weighted by molar-refractivity contribution is 5.85. The molecule has 27 heavy (non-hydrogen) atoms. The molecule has 9 heteroatoms. The van der Waals surface area contributed by atoms with Gasteiger partial charge in [0.05, 0.1) is 14.2 Å². The quantitative estimate of drug-likeness (QED) is 0.326. The fraction of sp³-hybridized carbons (Fsp3) is 0.167. The summed E-state index contributed by atoms with van der Waals surface area (Å²) in [4.78, 5) is 24.3. The summed E-state index contributed by atoms with van der Waals surface area (Å²) in [6.07, 6.45) is 2.56. The molecule has 2 aromatic carbocycles. The second-order valence-electron chi connectivity index (χ2n) is 5.03. The molecule has 0 radical (unpaired) electrons. The predicted octanol–water partition coefficient (Wildman–Crippen LogP) is 2.78. The van der Waals surface area contributed by atoms with E-state index in [0.717, 1.165) is 11.6 Å². The zero-order valence-electron chi connectivity index (χ0n) is 14.8. The highest BCUT2D eigenvalue weighted by Gasteiger charge is 2.02. The van der Waals surface area contributed by atoms with Crippen LogP contribution in [0.2, 0.25) is 0 Å². The number of rotatable bonds is 7. The summed E-state index contributed by atoms with van der Waals surface area (Å²) >= 11 is 0. The first-order valence-electron chi connectivity index (χ1n) is 7.60. The van der Waals surface area contributed by atoms with Crippen LogP contribution in [0.4, 0.5) is 5.69 Å². The number of carboxylic acids is 1. The molecule has 0 fully saturated rings. The Balaban J connectivity index is 0.000000277. The van der Waals surface area contributed by atoms with Crippen LogP contribution in [0.15, 0.2) is 48.5 Å². The van der Waals surface area contributed by atoms with Crippen molar-refractivity contribution < 1.29 is 29.3 Å². The van der Waals surface area contributed by atoms with E-state index < -0.39 is 11.1 Å². The highest BCUT2D eigenvalue weighted by atomic mass is 16.9. The van der Waals surface area contributed by atoms with Crippen molar-refractivity contribution >= 4 is 17.7 Å². The van der Waals surface area contributed by atoms with Crippen molar-refractivity contribution in [3.05, 3.63) is 69.8 Å². The van der Waals surface area contributed by atoms with Crippen molar-refractivity contribution in [1.29, 1.82) is 0 Å². The van der Waals surface area contributed by atoms with Crippen LogP contribution in [0, 0.1) is 10.1 Å². The van der Waals surface area contributed by atoms with Gasteiger partial charge in [0.25, 0.3) is 5.09 Å². The number of anilines is 1. The van der Waals surface area contributed by atoms with E-state index in [2.05, 4.69) is 4.84 Å². The number of methoxy groups -OCH3 is 2. The zero-order valence-corrected chi connectivity index (χ0v) is 14.8. The van der Waals surface area contributed by atoms with Gasteiger partial charge >= 0.3 is 5.97 Å². The second-order valence-corrected chi connectivity index (χ2v) is 5.03. The third-order valence-electron chi connectivity index (χ3n) is 3.11. The van der Waals surface area contributed by atoms with Crippen molar-refractivity contribution in [1.82, 2.24) is 0 Å². The number of aliphatic carboxylic acids is 1. The Morgan fingerprint density at radius 3 is 2.44 bits per heavy atom. The van der Waals surface area contributed by atoms with Crippen molar-refractivity contribution in [2.75, 3.05) is 20.0 Å².